The van der Waals surface area contributed by atoms with E-state index >= 15 is 0 Å². The summed E-state index contributed by atoms with van der Waals surface area (Å²) < 4.78 is 5.26. The van der Waals surface area contributed by atoms with E-state index in [-0.39, 0.29) is 6.10 Å². The maximum Gasteiger partial charge on any atom is 0.122 e. The number of methoxy groups -OCH3 is 1. The van der Waals surface area contributed by atoms with Crippen LogP contribution in [-0.4, -0.2) is 19.4 Å². The SMILES string of the molecule is C=C(/N=C\CC(C)C(C)OC)Nc1ccc(C#N)cc1. The third-order valence-corrected chi connectivity index (χ3v) is 3.20. The molecule has 0 bridgehead atoms. The molecule has 1 aromatic carbocycles. The quantitative estimate of drug-likeness (QED) is 0.771. The van der Waals surface area contributed by atoms with Crippen LogP contribution in [-0.2, 0) is 4.74 Å². The number of hydrogen-bond donors (Lipinski definition) is 1. The normalized spacial score (nSPS) is 13.7. The lowest BCUT2D eigenvalue weighted by atomic mass is 10.0. The van der Waals surface area contributed by atoms with Crippen LogP contribution in [0.25, 0.3) is 0 Å². The van der Waals surface area contributed by atoms with Gasteiger partial charge in [0.1, 0.15) is 5.82 Å². The molecular weight excluding hydrogens is 250 g/mol. The van der Waals surface area contributed by atoms with E-state index in [4.69, 9.17) is 10.00 Å². The number of nitrogens with one attached hydrogen (secondary N) is 1. The molecule has 4 heteroatoms. The van der Waals surface area contributed by atoms with Crippen LogP contribution >= 0.6 is 0 Å². The molecule has 1 aromatic rings. The van der Waals surface area contributed by atoms with Gasteiger partial charge in [-0.15, -0.1) is 0 Å². The molecule has 2 atom stereocenters. The van der Waals surface area contributed by atoms with Gasteiger partial charge in [0.2, 0.25) is 0 Å². The topological polar surface area (TPSA) is 57.4 Å². The van der Waals surface area contributed by atoms with Crippen LogP contribution in [0.3, 0.4) is 0 Å². The predicted molar refractivity (Wildman–Crippen MR) is 82.7 cm³/mol. The average molecular weight is 271 g/mol. The van der Waals surface area contributed by atoms with E-state index in [1.54, 1.807) is 19.2 Å². The molecule has 0 aromatic heterocycles. The molecule has 106 valence electrons. The summed E-state index contributed by atoms with van der Waals surface area (Å²) in [6.07, 6.45) is 2.89. The molecule has 0 aliphatic heterocycles. The van der Waals surface area contributed by atoms with E-state index in [0.717, 1.165) is 12.1 Å². The first-order valence-electron chi connectivity index (χ1n) is 6.58. The molecule has 2 unspecified atom stereocenters. The molecule has 0 fully saturated rings. The van der Waals surface area contributed by atoms with E-state index in [9.17, 15) is 0 Å². The van der Waals surface area contributed by atoms with Crippen molar-refractivity contribution >= 4 is 11.9 Å². The minimum absolute atomic E-state index is 0.209. The van der Waals surface area contributed by atoms with Gasteiger partial charge in [0.05, 0.1) is 17.7 Å². The first-order valence-corrected chi connectivity index (χ1v) is 6.58. The van der Waals surface area contributed by atoms with Crippen molar-refractivity contribution in [2.75, 3.05) is 12.4 Å². The molecule has 0 radical (unpaired) electrons. The number of nitrogens with zero attached hydrogens (tertiary/aromatic N) is 2. The predicted octanol–water partition coefficient (Wildman–Crippen LogP) is 3.57. The van der Waals surface area contributed by atoms with Crippen LogP contribution < -0.4 is 5.32 Å². The summed E-state index contributed by atoms with van der Waals surface area (Å²) in [6.45, 7) is 8.02. The fraction of sp³-hybridized carbons (Fsp3) is 0.375. The number of aliphatic imine (C=N–C) groups is 1. The van der Waals surface area contributed by atoms with Crippen molar-refractivity contribution in [2.24, 2.45) is 10.9 Å². The van der Waals surface area contributed by atoms with Crippen LogP contribution in [0.2, 0.25) is 0 Å². The Kier molecular flexibility index (Phi) is 6.48. The second-order valence-corrected chi connectivity index (χ2v) is 4.73. The Labute approximate surface area is 120 Å². The van der Waals surface area contributed by atoms with Crippen molar-refractivity contribution in [1.82, 2.24) is 0 Å². The molecule has 0 aliphatic carbocycles. The highest BCUT2D eigenvalue weighted by atomic mass is 16.5. The maximum absolute atomic E-state index is 8.72. The number of rotatable bonds is 7. The lowest BCUT2D eigenvalue weighted by molar-refractivity contribution is 0.0767. The van der Waals surface area contributed by atoms with Crippen molar-refractivity contribution in [2.45, 2.75) is 26.4 Å². The Balaban J connectivity index is 2.45. The summed E-state index contributed by atoms with van der Waals surface area (Å²) in [7, 11) is 1.71. The number of hydrogen-bond acceptors (Lipinski definition) is 4. The lowest BCUT2D eigenvalue weighted by Crippen LogP contribution is -2.16. The van der Waals surface area contributed by atoms with Crippen molar-refractivity contribution < 1.29 is 4.74 Å². The molecule has 4 nitrogen and oxygen atoms in total. The van der Waals surface area contributed by atoms with Crippen LogP contribution in [0.1, 0.15) is 25.8 Å². The standard InChI is InChI=1S/C16H21N3O/c1-12(13(2)20-4)9-10-18-14(3)19-16-7-5-15(11-17)6-8-16/h5-8,10,12-13,19H,3,9H2,1-2,4H3/b18-10-. The Morgan fingerprint density at radius 1 is 1.45 bits per heavy atom. The lowest BCUT2D eigenvalue weighted by Gasteiger charge is -2.15. The number of ether oxygens (including phenoxy) is 1. The van der Waals surface area contributed by atoms with Gasteiger partial charge >= 0.3 is 0 Å². The molecule has 0 saturated carbocycles. The fourth-order valence-electron chi connectivity index (χ4n) is 1.58. The molecule has 1 N–H and O–H groups in total. The Morgan fingerprint density at radius 2 is 2.10 bits per heavy atom. The molecular formula is C16H21N3O. The Hall–Kier alpha value is -2.12. The van der Waals surface area contributed by atoms with Crippen LogP contribution in [0.15, 0.2) is 41.7 Å². The first-order chi connectivity index (χ1) is 9.56. The summed E-state index contributed by atoms with van der Waals surface area (Å²) >= 11 is 0. The number of anilines is 1. The van der Waals surface area contributed by atoms with Crippen molar-refractivity contribution in [3.8, 4) is 6.07 Å². The second-order valence-electron chi connectivity index (χ2n) is 4.73. The van der Waals surface area contributed by atoms with Crippen LogP contribution in [0, 0.1) is 17.2 Å². The maximum atomic E-state index is 8.72. The van der Waals surface area contributed by atoms with Crippen molar-refractivity contribution in [3.05, 3.63) is 42.2 Å². The minimum Gasteiger partial charge on any atom is -0.381 e. The zero-order valence-electron chi connectivity index (χ0n) is 12.3. The third-order valence-electron chi connectivity index (χ3n) is 3.20. The van der Waals surface area contributed by atoms with Crippen molar-refractivity contribution in [1.29, 1.82) is 5.26 Å². The highest BCUT2D eigenvalue weighted by molar-refractivity contribution is 5.61. The molecule has 0 spiro atoms. The summed E-state index contributed by atoms with van der Waals surface area (Å²) in [4.78, 5) is 4.27. The first kappa shape index (κ1) is 15.9. The summed E-state index contributed by atoms with van der Waals surface area (Å²) in [5.74, 6) is 0.985. The average Bonchev–Trinajstić information content (AvgIpc) is 2.47. The fourth-order valence-corrected chi connectivity index (χ4v) is 1.58. The number of nitriles is 1. The smallest absolute Gasteiger partial charge is 0.122 e. The van der Waals surface area contributed by atoms with Gasteiger partial charge in [-0.2, -0.15) is 5.26 Å². The summed E-state index contributed by atoms with van der Waals surface area (Å²) in [5, 5.41) is 11.8. The highest BCUT2D eigenvalue weighted by Gasteiger charge is 2.08. The molecule has 0 saturated heterocycles. The van der Waals surface area contributed by atoms with Gasteiger partial charge in [0.25, 0.3) is 0 Å². The largest absolute Gasteiger partial charge is 0.381 e. The van der Waals surface area contributed by atoms with E-state index < -0.39 is 0 Å². The van der Waals surface area contributed by atoms with E-state index in [1.807, 2.05) is 25.3 Å². The van der Waals surface area contributed by atoms with Gasteiger partial charge in [0.15, 0.2) is 0 Å². The summed E-state index contributed by atoms with van der Waals surface area (Å²) in [5.41, 5.74) is 1.50. The zero-order chi connectivity index (χ0) is 15.0. The van der Waals surface area contributed by atoms with Crippen molar-refractivity contribution in [3.63, 3.8) is 0 Å². The van der Waals surface area contributed by atoms with Gasteiger partial charge in [-0.05, 0) is 43.5 Å². The van der Waals surface area contributed by atoms with E-state index in [2.05, 4.69) is 29.9 Å². The highest BCUT2D eigenvalue weighted by Crippen LogP contribution is 2.12. The molecule has 20 heavy (non-hydrogen) atoms. The molecule has 0 amide bonds. The van der Waals surface area contributed by atoms with E-state index in [1.165, 1.54) is 0 Å². The van der Waals surface area contributed by atoms with Gasteiger partial charge in [0, 0.05) is 19.0 Å². The number of benzene rings is 1. The van der Waals surface area contributed by atoms with Crippen LogP contribution in [0.5, 0.6) is 0 Å². The van der Waals surface area contributed by atoms with Gasteiger partial charge in [-0.25, -0.2) is 4.99 Å². The molecule has 1 rings (SSSR count). The minimum atomic E-state index is 0.209. The van der Waals surface area contributed by atoms with Crippen LogP contribution in [0.4, 0.5) is 5.69 Å². The van der Waals surface area contributed by atoms with E-state index in [0.29, 0.717) is 17.3 Å². The van der Waals surface area contributed by atoms with Gasteiger partial charge < -0.3 is 10.1 Å². The Morgan fingerprint density at radius 3 is 2.65 bits per heavy atom. The van der Waals surface area contributed by atoms with Gasteiger partial charge in [-0.3, -0.25) is 0 Å². The second kappa shape index (κ2) is 8.13. The molecule has 0 aliphatic rings. The zero-order valence-corrected chi connectivity index (χ0v) is 12.3. The van der Waals surface area contributed by atoms with Gasteiger partial charge in [-0.1, -0.05) is 13.5 Å². The third kappa shape index (κ3) is 5.25. The monoisotopic (exact) mass is 271 g/mol. The Bertz CT molecular complexity index is 499. The molecule has 0 heterocycles. The summed E-state index contributed by atoms with van der Waals surface area (Å²) in [6, 6.07) is 9.24.